The van der Waals surface area contributed by atoms with Crippen molar-refractivity contribution in [2.45, 2.75) is 26.4 Å². The zero-order valence-corrected chi connectivity index (χ0v) is 18.9. The van der Waals surface area contributed by atoms with Crippen LogP contribution in [0.25, 0.3) is 22.2 Å². The summed E-state index contributed by atoms with van der Waals surface area (Å²) in [5.74, 6) is -0.0662. The maximum absolute atomic E-state index is 13.7. The van der Waals surface area contributed by atoms with Gasteiger partial charge in [-0.05, 0) is 37.7 Å². The monoisotopic (exact) mass is 423 g/mol. The van der Waals surface area contributed by atoms with Gasteiger partial charge >= 0.3 is 0 Å². The fourth-order valence-corrected chi connectivity index (χ4v) is 4.15. The van der Waals surface area contributed by atoms with Crippen LogP contribution < -0.4 is 5.32 Å². The minimum Gasteiger partial charge on any atom is -0.348 e. The number of nitrogens with one attached hydrogen (secondary N) is 1. The number of rotatable bonds is 7. The van der Waals surface area contributed by atoms with Crippen molar-refractivity contribution in [3.05, 3.63) is 101 Å². The summed E-state index contributed by atoms with van der Waals surface area (Å²) in [6.07, 6.45) is 0.939. The number of aromatic nitrogens is 1. The Kier molecular flexibility index (Phi) is 6.62. The average Bonchev–Trinajstić information content (AvgIpc) is 2.82. The van der Waals surface area contributed by atoms with Crippen molar-refractivity contribution in [2.24, 2.45) is 0 Å². The van der Waals surface area contributed by atoms with E-state index in [1.807, 2.05) is 68.7 Å². The summed E-state index contributed by atoms with van der Waals surface area (Å²) < 4.78 is 0. The number of fused-ring (bicyclic) bond motifs is 1. The van der Waals surface area contributed by atoms with E-state index >= 15 is 0 Å². The average molecular weight is 424 g/mol. The fraction of sp³-hybridized carbons (Fsp3) is 0.214. The summed E-state index contributed by atoms with van der Waals surface area (Å²) in [5.41, 5.74) is 6.76. The van der Waals surface area contributed by atoms with Gasteiger partial charge in [-0.3, -0.25) is 4.79 Å². The van der Waals surface area contributed by atoms with Gasteiger partial charge in [-0.15, -0.1) is 0 Å². The van der Waals surface area contributed by atoms with E-state index in [2.05, 4.69) is 41.4 Å². The Morgan fingerprint density at radius 1 is 0.875 bits per heavy atom. The van der Waals surface area contributed by atoms with Crippen LogP contribution in [-0.2, 0) is 19.5 Å². The Balaban J connectivity index is 1.83. The molecular weight excluding hydrogens is 394 g/mol. The minimum atomic E-state index is -0.0662. The van der Waals surface area contributed by atoms with Gasteiger partial charge in [-0.2, -0.15) is 0 Å². The zero-order valence-electron chi connectivity index (χ0n) is 18.9. The maximum atomic E-state index is 13.7. The lowest BCUT2D eigenvalue weighted by Gasteiger charge is -2.20. The van der Waals surface area contributed by atoms with Crippen LogP contribution in [0, 0.1) is 0 Å². The third kappa shape index (κ3) is 4.56. The number of hydrogen-bond donors (Lipinski definition) is 1. The van der Waals surface area contributed by atoms with Gasteiger partial charge < -0.3 is 10.2 Å². The number of aryl methyl sites for hydroxylation is 1. The highest BCUT2D eigenvalue weighted by Crippen LogP contribution is 2.31. The number of benzene rings is 3. The first-order valence-electron chi connectivity index (χ1n) is 11.0. The van der Waals surface area contributed by atoms with E-state index in [1.165, 1.54) is 5.56 Å². The van der Waals surface area contributed by atoms with Crippen molar-refractivity contribution < 1.29 is 4.79 Å². The highest BCUT2D eigenvalue weighted by Gasteiger charge is 2.22. The van der Waals surface area contributed by atoms with Crippen molar-refractivity contribution >= 4 is 16.8 Å². The van der Waals surface area contributed by atoms with Crippen LogP contribution in [-0.4, -0.2) is 29.9 Å². The third-order valence-electron chi connectivity index (χ3n) is 5.68. The van der Waals surface area contributed by atoms with Gasteiger partial charge in [0.15, 0.2) is 0 Å². The van der Waals surface area contributed by atoms with Crippen LogP contribution in [0.3, 0.4) is 0 Å². The quantitative estimate of drug-likeness (QED) is 0.430. The van der Waals surface area contributed by atoms with Crippen LogP contribution in [0.4, 0.5) is 0 Å². The molecule has 162 valence electrons. The lowest BCUT2D eigenvalue weighted by atomic mass is 9.95. The molecule has 0 aliphatic carbocycles. The molecule has 0 atom stereocenters. The second kappa shape index (κ2) is 9.75. The molecule has 0 aliphatic heterocycles. The summed E-state index contributed by atoms with van der Waals surface area (Å²) in [4.78, 5) is 20.7. The van der Waals surface area contributed by atoms with E-state index < -0.39 is 0 Å². The first-order valence-corrected chi connectivity index (χ1v) is 11.0. The van der Waals surface area contributed by atoms with Gasteiger partial charge in [0.25, 0.3) is 5.91 Å². The van der Waals surface area contributed by atoms with Crippen LogP contribution in [0.15, 0.2) is 78.9 Å². The number of amides is 1. The molecule has 3 aromatic carbocycles. The molecular formula is C28H29N3O. The first-order chi connectivity index (χ1) is 15.6. The van der Waals surface area contributed by atoms with Crippen LogP contribution >= 0.6 is 0 Å². The molecule has 0 radical (unpaired) electrons. The maximum Gasteiger partial charge on any atom is 0.252 e. The van der Waals surface area contributed by atoms with Crippen LogP contribution in [0.2, 0.25) is 0 Å². The van der Waals surface area contributed by atoms with E-state index in [0.717, 1.165) is 39.7 Å². The van der Waals surface area contributed by atoms with Crippen LogP contribution in [0.5, 0.6) is 0 Å². The molecule has 1 aromatic heterocycles. The zero-order chi connectivity index (χ0) is 22.5. The summed E-state index contributed by atoms with van der Waals surface area (Å²) in [6.45, 7) is 3.26. The predicted molar refractivity (Wildman–Crippen MR) is 132 cm³/mol. The highest BCUT2D eigenvalue weighted by molar-refractivity contribution is 6.09. The number of hydrogen-bond acceptors (Lipinski definition) is 3. The summed E-state index contributed by atoms with van der Waals surface area (Å²) >= 11 is 0. The lowest BCUT2D eigenvalue weighted by Crippen LogP contribution is -2.27. The smallest absolute Gasteiger partial charge is 0.252 e. The summed E-state index contributed by atoms with van der Waals surface area (Å²) in [7, 11) is 4.03. The van der Waals surface area contributed by atoms with E-state index in [9.17, 15) is 4.79 Å². The van der Waals surface area contributed by atoms with Gasteiger partial charge in [0, 0.05) is 29.6 Å². The van der Waals surface area contributed by atoms with Gasteiger partial charge in [0.2, 0.25) is 0 Å². The Bertz CT molecular complexity index is 1230. The Hall–Kier alpha value is -3.50. The molecule has 4 heteroatoms. The number of carbonyl (C=O) groups is 1. The molecule has 1 amide bonds. The Labute approximate surface area is 189 Å². The molecule has 1 heterocycles. The van der Waals surface area contributed by atoms with Crippen molar-refractivity contribution in [3.8, 4) is 11.3 Å². The lowest BCUT2D eigenvalue weighted by molar-refractivity contribution is 0.0951. The molecule has 0 unspecified atom stereocenters. The highest BCUT2D eigenvalue weighted by atomic mass is 16.1. The molecule has 0 saturated carbocycles. The van der Waals surface area contributed by atoms with Crippen LogP contribution in [0.1, 0.15) is 34.0 Å². The normalized spacial score (nSPS) is 11.1. The van der Waals surface area contributed by atoms with E-state index in [1.54, 1.807) is 0 Å². The second-order valence-corrected chi connectivity index (χ2v) is 8.24. The number of nitrogens with zero attached hydrogens (tertiary/aromatic N) is 2. The summed E-state index contributed by atoms with van der Waals surface area (Å²) in [6, 6.07) is 26.3. The Morgan fingerprint density at radius 3 is 2.25 bits per heavy atom. The van der Waals surface area contributed by atoms with Gasteiger partial charge in [0.05, 0.1) is 16.8 Å². The fourth-order valence-electron chi connectivity index (χ4n) is 4.15. The van der Waals surface area contributed by atoms with Gasteiger partial charge in [0.1, 0.15) is 0 Å². The molecule has 0 aliphatic rings. The van der Waals surface area contributed by atoms with Crippen molar-refractivity contribution in [1.29, 1.82) is 0 Å². The molecule has 4 nitrogen and oxygen atoms in total. The van der Waals surface area contributed by atoms with Crippen molar-refractivity contribution in [2.75, 3.05) is 14.1 Å². The molecule has 0 saturated heterocycles. The van der Waals surface area contributed by atoms with E-state index in [4.69, 9.17) is 4.98 Å². The second-order valence-electron chi connectivity index (χ2n) is 8.24. The minimum absolute atomic E-state index is 0.0662. The molecule has 0 spiro atoms. The number of para-hydroxylation sites is 1. The van der Waals surface area contributed by atoms with Gasteiger partial charge in [-0.1, -0.05) is 79.7 Å². The van der Waals surface area contributed by atoms with Gasteiger partial charge in [-0.25, -0.2) is 4.98 Å². The van der Waals surface area contributed by atoms with E-state index in [-0.39, 0.29) is 5.91 Å². The molecule has 4 rings (SSSR count). The van der Waals surface area contributed by atoms with Crippen molar-refractivity contribution in [3.63, 3.8) is 0 Å². The molecule has 32 heavy (non-hydrogen) atoms. The van der Waals surface area contributed by atoms with E-state index in [0.29, 0.717) is 18.7 Å². The first kappa shape index (κ1) is 21.7. The SMILES string of the molecule is CCc1ccccc1CNC(=O)c1c(CN(C)C)c(-c2ccccc2)nc2ccccc12. The molecule has 4 aromatic rings. The number of carbonyl (C=O) groups excluding carboxylic acids is 1. The van der Waals surface area contributed by atoms with Crippen molar-refractivity contribution in [1.82, 2.24) is 15.2 Å². The molecule has 1 N–H and O–H groups in total. The standard InChI is InChI=1S/C28H29N3O/c1-4-20-12-8-9-15-22(20)18-29-28(32)26-23-16-10-11-17-25(23)30-27(24(26)19-31(2)3)21-13-6-5-7-14-21/h5-17H,4,18-19H2,1-3H3,(H,29,32). The topological polar surface area (TPSA) is 45.2 Å². The third-order valence-corrected chi connectivity index (χ3v) is 5.68. The molecule has 0 fully saturated rings. The summed E-state index contributed by atoms with van der Waals surface area (Å²) in [5, 5.41) is 4.07. The number of pyridine rings is 1. The molecule has 0 bridgehead atoms. The largest absolute Gasteiger partial charge is 0.348 e. The Morgan fingerprint density at radius 2 is 1.53 bits per heavy atom. The predicted octanol–water partition coefficient (Wildman–Crippen LogP) is 5.46.